The molecule has 0 aliphatic rings. The highest BCUT2D eigenvalue weighted by atomic mass is 79.9. The van der Waals surface area contributed by atoms with Gasteiger partial charge in [0, 0.05) is 28.7 Å². The molecule has 0 saturated carbocycles. The zero-order valence-corrected chi connectivity index (χ0v) is 9.48. The molecule has 0 atom stereocenters. The molecule has 0 aliphatic carbocycles. The van der Waals surface area contributed by atoms with Crippen molar-refractivity contribution in [1.29, 1.82) is 0 Å². The van der Waals surface area contributed by atoms with Crippen LogP contribution in [0.5, 0.6) is 0 Å². The van der Waals surface area contributed by atoms with Gasteiger partial charge in [0.05, 0.1) is 0 Å². The molecule has 1 aromatic rings. The van der Waals surface area contributed by atoms with E-state index in [0.717, 1.165) is 28.7 Å². The monoisotopic (exact) mass is 237 g/mol. The first-order valence-electron chi connectivity index (χ1n) is 4.22. The van der Waals surface area contributed by atoms with E-state index in [2.05, 4.69) is 32.8 Å². The molecule has 1 nitrogen and oxygen atoms in total. The Morgan fingerprint density at radius 1 is 1.31 bits per heavy atom. The van der Waals surface area contributed by atoms with Gasteiger partial charge in [0.2, 0.25) is 0 Å². The van der Waals surface area contributed by atoms with Gasteiger partial charge in [-0.1, -0.05) is 27.8 Å². The Labute approximate surface area is 87.7 Å². The minimum atomic E-state index is 0.889. The fourth-order valence-corrected chi connectivity index (χ4v) is 1.32. The Balaban J connectivity index is 2.85. The van der Waals surface area contributed by atoms with Crippen LogP contribution in [0.3, 0.4) is 0 Å². The van der Waals surface area contributed by atoms with Crippen LogP contribution < -0.4 is 0 Å². The summed E-state index contributed by atoms with van der Waals surface area (Å²) >= 11 is 3.34. The van der Waals surface area contributed by atoms with Crippen LogP contribution >= 0.6 is 15.9 Å². The minimum absolute atomic E-state index is 0.889. The first kappa shape index (κ1) is 10.3. The predicted octanol–water partition coefficient (Wildman–Crippen LogP) is 2.83. The second kappa shape index (κ2) is 5.04. The first-order chi connectivity index (χ1) is 6.22. The van der Waals surface area contributed by atoms with Gasteiger partial charge in [-0.15, -0.1) is 0 Å². The molecule has 1 aromatic heterocycles. The Kier molecular flexibility index (Phi) is 3.98. The lowest BCUT2D eigenvalue weighted by Crippen LogP contribution is -1.87. The lowest BCUT2D eigenvalue weighted by molar-refractivity contribution is 1.12. The van der Waals surface area contributed by atoms with Gasteiger partial charge in [-0.25, -0.2) is 0 Å². The van der Waals surface area contributed by atoms with Crippen LogP contribution in [-0.4, -0.2) is 10.3 Å². The lowest BCUT2D eigenvalue weighted by Gasteiger charge is -1.96. The summed E-state index contributed by atoms with van der Waals surface area (Å²) in [6.07, 6.45) is 0.889. The molecule has 68 valence electrons. The summed E-state index contributed by atoms with van der Waals surface area (Å²) in [6, 6.07) is 4.02. The fourth-order valence-electron chi connectivity index (χ4n) is 1.12. The van der Waals surface area contributed by atoms with Crippen molar-refractivity contribution in [1.82, 2.24) is 4.98 Å². The molecule has 0 N–H and O–H groups in total. The van der Waals surface area contributed by atoms with Crippen molar-refractivity contribution in [3.8, 4) is 11.8 Å². The molecule has 2 heteroatoms. The van der Waals surface area contributed by atoms with E-state index in [9.17, 15) is 0 Å². The van der Waals surface area contributed by atoms with Gasteiger partial charge < -0.3 is 0 Å². The maximum absolute atomic E-state index is 4.29. The van der Waals surface area contributed by atoms with E-state index in [1.807, 2.05) is 26.0 Å². The fraction of sp³-hybridized carbons (Fsp3) is 0.364. The molecular formula is C11H12BrN. The first-order valence-corrected chi connectivity index (χ1v) is 5.34. The largest absolute Gasteiger partial charge is 0.258 e. The third kappa shape index (κ3) is 3.61. The minimum Gasteiger partial charge on any atom is -0.258 e. The van der Waals surface area contributed by atoms with Crippen molar-refractivity contribution in [2.24, 2.45) is 0 Å². The van der Waals surface area contributed by atoms with Crippen molar-refractivity contribution in [3.05, 3.63) is 29.1 Å². The number of hydrogen-bond donors (Lipinski definition) is 0. The van der Waals surface area contributed by atoms with Crippen molar-refractivity contribution in [2.45, 2.75) is 20.3 Å². The van der Waals surface area contributed by atoms with Crippen molar-refractivity contribution < 1.29 is 0 Å². The van der Waals surface area contributed by atoms with Crippen LogP contribution in [0.1, 0.15) is 23.4 Å². The zero-order valence-electron chi connectivity index (χ0n) is 7.89. The van der Waals surface area contributed by atoms with E-state index in [1.54, 1.807) is 0 Å². The summed E-state index contributed by atoms with van der Waals surface area (Å²) < 4.78 is 0. The van der Waals surface area contributed by atoms with Gasteiger partial charge in [0.15, 0.2) is 0 Å². The molecule has 0 saturated heterocycles. The van der Waals surface area contributed by atoms with E-state index >= 15 is 0 Å². The molecule has 0 bridgehead atoms. The van der Waals surface area contributed by atoms with Gasteiger partial charge >= 0.3 is 0 Å². The quantitative estimate of drug-likeness (QED) is 0.541. The smallest absolute Gasteiger partial charge is 0.0388 e. The number of rotatable bonds is 1. The van der Waals surface area contributed by atoms with Crippen LogP contribution in [0.25, 0.3) is 0 Å². The number of pyridine rings is 1. The van der Waals surface area contributed by atoms with Crippen LogP contribution in [0.4, 0.5) is 0 Å². The number of nitrogens with zero attached hydrogens (tertiary/aromatic N) is 1. The number of halogens is 1. The van der Waals surface area contributed by atoms with E-state index in [0.29, 0.717) is 0 Å². The van der Waals surface area contributed by atoms with E-state index < -0.39 is 0 Å². The molecule has 0 radical (unpaired) electrons. The summed E-state index contributed by atoms with van der Waals surface area (Å²) in [4.78, 5) is 4.29. The summed E-state index contributed by atoms with van der Waals surface area (Å²) in [6.45, 7) is 3.98. The Hall–Kier alpha value is -0.810. The zero-order chi connectivity index (χ0) is 9.68. The Bertz CT molecular complexity index is 327. The van der Waals surface area contributed by atoms with Crippen molar-refractivity contribution in [3.63, 3.8) is 0 Å². The van der Waals surface area contributed by atoms with Crippen molar-refractivity contribution >= 4 is 15.9 Å². The summed E-state index contributed by atoms with van der Waals surface area (Å²) in [5.74, 6) is 6.19. The number of alkyl halides is 1. The molecule has 0 spiro atoms. The summed E-state index contributed by atoms with van der Waals surface area (Å²) in [5.41, 5.74) is 3.12. The highest BCUT2D eigenvalue weighted by molar-refractivity contribution is 9.09. The van der Waals surface area contributed by atoms with Crippen molar-refractivity contribution in [2.75, 3.05) is 5.33 Å². The highest BCUT2D eigenvalue weighted by Crippen LogP contribution is 2.03. The standard InChI is InChI=1S/C11H12BrN/c1-9-7-11(5-3-4-6-12)8-10(2)13-9/h7-8H,4,6H2,1-2H3. The van der Waals surface area contributed by atoms with Gasteiger partial charge in [-0.2, -0.15) is 0 Å². The topological polar surface area (TPSA) is 12.9 Å². The maximum Gasteiger partial charge on any atom is 0.0388 e. The Morgan fingerprint density at radius 2 is 1.92 bits per heavy atom. The molecule has 0 unspecified atom stereocenters. The molecule has 1 rings (SSSR count). The second-order valence-corrected chi connectivity index (χ2v) is 3.67. The summed E-state index contributed by atoms with van der Waals surface area (Å²) in [5, 5.41) is 0.934. The highest BCUT2D eigenvalue weighted by Gasteiger charge is 1.92. The van der Waals surface area contributed by atoms with Gasteiger partial charge in [0.25, 0.3) is 0 Å². The molecule has 0 aliphatic heterocycles. The lowest BCUT2D eigenvalue weighted by atomic mass is 10.2. The predicted molar refractivity (Wildman–Crippen MR) is 59.0 cm³/mol. The number of hydrogen-bond acceptors (Lipinski definition) is 1. The second-order valence-electron chi connectivity index (χ2n) is 2.88. The molecule has 0 aromatic carbocycles. The molecule has 0 fully saturated rings. The SMILES string of the molecule is Cc1cc(C#CCCBr)cc(C)n1. The third-order valence-corrected chi connectivity index (χ3v) is 1.93. The van der Waals surface area contributed by atoms with E-state index in [4.69, 9.17) is 0 Å². The number of aryl methyl sites for hydroxylation is 2. The van der Waals surface area contributed by atoms with Crippen LogP contribution in [0.15, 0.2) is 12.1 Å². The van der Waals surface area contributed by atoms with Crippen LogP contribution in [0, 0.1) is 25.7 Å². The molecular weight excluding hydrogens is 226 g/mol. The van der Waals surface area contributed by atoms with Gasteiger partial charge in [0.1, 0.15) is 0 Å². The van der Waals surface area contributed by atoms with E-state index in [-0.39, 0.29) is 0 Å². The van der Waals surface area contributed by atoms with E-state index in [1.165, 1.54) is 0 Å². The average Bonchev–Trinajstić information content (AvgIpc) is 2.03. The van der Waals surface area contributed by atoms with Gasteiger partial charge in [-0.3, -0.25) is 4.98 Å². The Morgan fingerprint density at radius 3 is 2.46 bits per heavy atom. The van der Waals surface area contributed by atoms with Gasteiger partial charge in [-0.05, 0) is 26.0 Å². The van der Waals surface area contributed by atoms with Crippen LogP contribution in [-0.2, 0) is 0 Å². The third-order valence-electron chi connectivity index (χ3n) is 1.53. The summed E-state index contributed by atoms with van der Waals surface area (Å²) in [7, 11) is 0. The average molecular weight is 238 g/mol. The normalized spacial score (nSPS) is 9.15. The number of aromatic nitrogens is 1. The molecule has 0 amide bonds. The molecule has 13 heavy (non-hydrogen) atoms. The maximum atomic E-state index is 4.29. The molecule has 1 heterocycles. The van der Waals surface area contributed by atoms with Crippen LogP contribution in [0.2, 0.25) is 0 Å².